The Labute approximate surface area is 192 Å². The zero-order valence-corrected chi connectivity index (χ0v) is 17.7. The van der Waals surface area contributed by atoms with E-state index in [-0.39, 0.29) is 0 Å². The zero-order chi connectivity index (χ0) is 25.3. The van der Waals surface area contributed by atoms with Crippen LogP contribution in [0.3, 0.4) is 0 Å². The summed E-state index contributed by atoms with van der Waals surface area (Å²) in [4.78, 5) is 0. The highest BCUT2D eigenvalue weighted by Crippen LogP contribution is 2.30. The average Bonchev–Trinajstić information content (AvgIpc) is 2.82. The second kappa shape index (κ2) is 11.6. The molecule has 0 bridgehead atoms. The van der Waals surface area contributed by atoms with Crippen molar-refractivity contribution in [2.45, 2.75) is 92.1 Å². The minimum absolute atomic E-state index is 0.619. The van der Waals surface area contributed by atoms with Gasteiger partial charge in [0.15, 0.2) is 18.9 Å². The monoisotopic (exact) mass is 504 g/mol. The molecule has 0 aliphatic carbocycles. The van der Waals surface area contributed by atoms with E-state index in [4.69, 9.17) is 23.7 Å². The van der Waals surface area contributed by atoms with Gasteiger partial charge in [-0.15, -0.1) is 0 Å². The first kappa shape index (κ1) is 27.9. The van der Waals surface area contributed by atoms with Gasteiger partial charge in [0.05, 0.1) is 19.8 Å². The van der Waals surface area contributed by atoms with Gasteiger partial charge in [0.25, 0.3) is 0 Å². The Bertz CT molecular complexity index is 637. The number of aliphatic hydroxyl groups excluding tert-OH is 11. The van der Waals surface area contributed by atoms with Gasteiger partial charge in [0.1, 0.15) is 73.2 Å². The third kappa shape index (κ3) is 5.52. The number of rotatable bonds is 7. The summed E-state index contributed by atoms with van der Waals surface area (Å²) in [6.45, 7) is -2.08. The molecule has 3 rings (SSSR count). The van der Waals surface area contributed by atoms with Gasteiger partial charge >= 0.3 is 0 Å². The van der Waals surface area contributed by atoms with Crippen molar-refractivity contribution in [2.24, 2.45) is 0 Å². The molecule has 3 aliphatic heterocycles. The normalized spacial score (nSPS) is 52.5. The van der Waals surface area contributed by atoms with Crippen LogP contribution in [0.4, 0.5) is 0 Å². The zero-order valence-electron chi connectivity index (χ0n) is 17.7. The Morgan fingerprint density at radius 2 is 1.00 bits per heavy atom. The Kier molecular flexibility index (Phi) is 9.54. The summed E-state index contributed by atoms with van der Waals surface area (Å²) in [5, 5.41) is 109. The summed E-state index contributed by atoms with van der Waals surface area (Å²) in [5.74, 6) is 0. The lowest BCUT2D eigenvalue weighted by Crippen LogP contribution is -2.65. The molecule has 15 atom stereocenters. The predicted octanol–water partition coefficient (Wildman–Crippen LogP) is -7.57. The summed E-state index contributed by atoms with van der Waals surface area (Å²) in [7, 11) is 0. The summed E-state index contributed by atoms with van der Waals surface area (Å²) in [6, 6.07) is 0. The molecule has 0 aromatic rings. The van der Waals surface area contributed by atoms with E-state index >= 15 is 0 Å². The van der Waals surface area contributed by atoms with Gasteiger partial charge in [-0.3, -0.25) is 0 Å². The summed E-state index contributed by atoms with van der Waals surface area (Å²) in [6.07, 6.45) is -25.0. The molecular weight excluding hydrogens is 472 g/mol. The van der Waals surface area contributed by atoms with E-state index < -0.39 is 112 Å². The van der Waals surface area contributed by atoms with Crippen LogP contribution >= 0.6 is 0 Å². The lowest BCUT2D eigenvalue weighted by molar-refractivity contribution is -0.363. The van der Waals surface area contributed by atoms with Crippen molar-refractivity contribution >= 4 is 0 Å². The van der Waals surface area contributed by atoms with E-state index in [2.05, 4.69) is 0 Å². The Morgan fingerprint density at radius 1 is 0.500 bits per heavy atom. The number of hydrogen-bond donors (Lipinski definition) is 11. The van der Waals surface area contributed by atoms with Crippen molar-refractivity contribution in [3.63, 3.8) is 0 Å². The van der Waals surface area contributed by atoms with Crippen LogP contribution < -0.4 is 0 Å². The molecule has 0 amide bonds. The second-order valence-corrected chi connectivity index (χ2v) is 8.37. The maximum Gasteiger partial charge on any atom is 0.187 e. The van der Waals surface area contributed by atoms with Crippen LogP contribution in [0.1, 0.15) is 0 Å². The van der Waals surface area contributed by atoms with Crippen LogP contribution in [0.25, 0.3) is 0 Å². The van der Waals surface area contributed by atoms with Gasteiger partial charge in [-0.1, -0.05) is 0 Å². The maximum absolute atomic E-state index is 10.4. The van der Waals surface area contributed by atoms with Gasteiger partial charge < -0.3 is 79.9 Å². The van der Waals surface area contributed by atoms with Gasteiger partial charge in [-0.05, 0) is 0 Å². The van der Waals surface area contributed by atoms with Gasteiger partial charge in [-0.2, -0.15) is 0 Å². The van der Waals surface area contributed by atoms with E-state index in [0.29, 0.717) is 0 Å². The molecule has 16 nitrogen and oxygen atoms in total. The molecule has 3 aliphatic rings. The first-order valence-electron chi connectivity index (χ1n) is 10.6. The molecule has 0 aromatic carbocycles. The summed E-state index contributed by atoms with van der Waals surface area (Å²) in [5.41, 5.74) is 0. The minimum Gasteiger partial charge on any atom is -0.394 e. The first-order chi connectivity index (χ1) is 16.0. The van der Waals surface area contributed by atoms with E-state index in [0.717, 1.165) is 0 Å². The maximum atomic E-state index is 10.4. The molecule has 0 spiro atoms. The van der Waals surface area contributed by atoms with Crippen LogP contribution in [0.2, 0.25) is 0 Å². The van der Waals surface area contributed by atoms with Gasteiger partial charge in [0.2, 0.25) is 0 Å². The van der Waals surface area contributed by atoms with Crippen LogP contribution in [0.15, 0.2) is 0 Å². The van der Waals surface area contributed by atoms with Crippen molar-refractivity contribution < 1.29 is 79.9 Å². The SMILES string of the molecule is OC[C@H]1O[C@H](OC[C@H]2OC(O)[C@@H](O)[C@@H](O)[C@@H]2O[C@@H]2O[C@H](CO)[C@@H](O)[C@H](O)[C@@H]2O)[C@H](O)[C@@H](O)[C@H]1O. The molecule has 11 N–H and O–H groups in total. The predicted molar refractivity (Wildman–Crippen MR) is 101 cm³/mol. The average molecular weight is 504 g/mol. The van der Waals surface area contributed by atoms with Crippen molar-refractivity contribution in [1.29, 1.82) is 0 Å². The fraction of sp³-hybridized carbons (Fsp3) is 1.00. The molecule has 0 aromatic heterocycles. The van der Waals surface area contributed by atoms with Gasteiger partial charge in [0, 0.05) is 0 Å². The lowest BCUT2D eigenvalue weighted by Gasteiger charge is -2.46. The largest absolute Gasteiger partial charge is 0.394 e. The van der Waals surface area contributed by atoms with Gasteiger partial charge in [-0.25, -0.2) is 0 Å². The van der Waals surface area contributed by atoms with Crippen LogP contribution in [0, 0.1) is 0 Å². The molecule has 3 saturated heterocycles. The van der Waals surface area contributed by atoms with Crippen molar-refractivity contribution in [1.82, 2.24) is 0 Å². The highest BCUT2D eigenvalue weighted by molar-refractivity contribution is 4.94. The fourth-order valence-corrected chi connectivity index (χ4v) is 3.95. The molecule has 34 heavy (non-hydrogen) atoms. The smallest absolute Gasteiger partial charge is 0.187 e. The van der Waals surface area contributed by atoms with Crippen molar-refractivity contribution in [2.75, 3.05) is 19.8 Å². The Hall–Kier alpha value is -0.640. The third-order valence-electron chi connectivity index (χ3n) is 6.07. The number of hydrogen-bond acceptors (Lipinski definition) is 16. The van der Waals surface area contributed by atoms with Crippen LogP contribution in [-0.2, 0) is 23.7 Å². The fourth-order valence-electron chi connectivity index (χ4n) is 3.95. The highest BCUT2D eigenvalue weighted by atomic mass is 16.7. The quantitative estimate of drug-likeness (QED) is 0.154. The standard InChI is InChI=1S/C18H32O16/c19-1-4-7(21)9(23)13(27)17(32-4)30-3-6-15(11(25)12(26)16(29)31-6)34-18-14(28)10(24)8(22)5(2-20)33-18/h4-29H,1-3H2/t4-,5-,6-,7+,8-,9+,10+,11-,12+,13-,14+,15-,16?,17+,18+/m1/s1. The van der Waals surface area contributed by atoms with Crippen molar-refractivity contribution in [3.05, 3.63) is 0 Å². The van der Waals surface area contributed by atoms with E-state index in [9.17, 15) is 56.2 Å². The molecule has 3 heterocycles. The number of aliphatic hydroxyl groups is 11. The highest BCUT2D eigenvalue weighted by Gasteiger charge is 2.51. The first-order valence-corrected chi connectivity index (χ1v) is 10.6. The van der Waals surface area contributed by atoms with E-state index in [1.165, 1.54) is 0 Å². The second-order valence-electron chi connectivity index (χ2n) is 8.37. The molecular formula is C18H32O16. The van der Waals surface area contributed by atoms with E-state index in [1.54, 1.807) is 0 Å². The molecule has 200 valence electrons. The molecule has 0 saturated carbocycles. The Morgan fingerprint density at radius 3 is 1.53 bits per heavy atom. The van der Waals surface area contributed by atoms with Crippen molar-refractivity contribution in [3.8, 4) is 0 Å². The van der Waals surface area contributed by atoms with E-state index in [1.807, 2.05) is 0 Å². The lowest BCUT2D eigenvalue weighted by atomic mass is 9.97. The third-order valence-corrected chi connectivity index (χ3v) is 6.07. The topological polar surface area (TPSA) is 269 Å². The molecule has 16 heteroatoms. The molecule has 1 unspecified atom stereocenters. The minimum atomic E-state index is -1.91. The summed E-state index contributed by atoms with van der Waals surface area (Å²) < 4.78 is 26.4. The summed E-state index contributed by atoms with van der Waals surface area (Å²) >= 11 is 0. The Balaban J connectivity index is 1.72. The molecule has 0 radical (unpaired) electrons. The molecule has 3 fully saturated rings. The van der Waals surface area contributed by atoms with Crippen LogP contribution in [0.5, 0.6) is 0 Å². The number of ether oxygens (including phenoxy) is 5. The van der Waals surface area contributed by atoms with Crippen LogP contribution in [-0.4, -0.2) is 168 Å².